The Balaban J connectivity index is 2.33. The zero-order chi connectivity index (χ0) is 15.2. The summed E-state index contributed by atoms with van der Waals surface area (Å²) in [4.78, 5) is 11.2. The van der Waals surface area contributed by atoms with E-state index in [0.717, 1.165) is 0 Å². The fourth-order valence-corrected chi connectivity index (χ4v) is 1.81. The van der Waals surface area contributed by atoms with Crippen LogP contribution in [0.4, 0.5) is 0 Å². The number of rotatable bonds is 6. The van der Waals surface area contributed by atoms with E-state index in [-0.39, 0.29) is 11.3 Å². The molecule has 0 spiro atoms. The van der Waals surface area contributed by atoms with Gasteiger partial charge in [0, 0.05) is 12.1 Å². The topological polar surface area (TPSA) is 65.0 Å². The molecular formula is C16H16O5. The molecule has 0 heterocycles. The van der Waals surface area contributed by atoms with Crippen molar-refractivity contribution in [2.45, 2.75) is 6.92 Å². The Hall–Kier alpha value is -2.69. The molecule has 110 valence electrons. The molecule has 21 heavy (non-hydrogen) atoms. The van der Waals surface area contributed by atoms with E-state index < -0.39 is 5.97 Å². The Morgan fingerprint density at radius 2 is 1.86 bits per heavy atom. The van der Waals surface area contributed by atoms with Gasteiger partial charge in [0.25, 0.3) is 0 Å². The summed E-state index contributed by atoms with van der Waals surface area (Å²) in [6.45, 7) is 2.43. The van der Waals surface area contributed by atoms with Gasteiger partial charge in [-0.05, 0) is 31.2 Å². The number of benzene rings is 2. The first-order valence-corrected chi connectivity index (χ1v) is 6.46. The SMILES string of the molecule is CCOc1cccc(Oc2cc(OC)ccc2C(=O)O)c1. The van der Waals surface area contributed by atoms with Gasteiger partial charge in [0.05, 0.1) is 13.7 Å². The van der Waals surface area contributed by atoms with E-state index in [0.29, 0.717) is 23.9 Å². The molecule has 0 fully saturated rings. The molecule has 2 aromatic carbocycles. The van der Waals surface area contributed by atoms with E-state index in [1.807, 2.05) is 6.92 Å². The van der Waals surface area contributed by atoms with E-state index in [9.17, 15) is 9.90 Å². The van der Waals surface area contributed by atoms with Crippen LogP contribution in [-0.2, 0) is 0 Å². The Kier molecular flexibility index (Phi) is 4.66. The van der Waals surface area contributed by atoms with E-state index in [2.05, 4.69) is 0 Å². The van der Waals surface area contributed by atoms with Gasteiger partial charge in [0.15, 0.2) is 0 Å². The fraction of sp³-hybridized carbons (Fsp3) is 0.188. The van der Waals surface area contributed by atoms with Gasteiger partial charge in [-0.3, -0.25) is 0 Å². The lowest BCUT2D eigenvalue weighted by Crippen LogP contribution is -2.00. The maximum absolute atomic E-state index is 11.2. The molecule has 0 aliphatic rings. The molecule has 0 atom stereocenters. The summed E-state index contributed by atoms with van der Waals surface area (Å²) in [5.41, 5.74) is 0.0672. The van der Waals surface area contributed by atoms with Crippen molar-refractivity contribution in [1.82, 2.24) is 0 Å². The number of ether oxygens (including phenoxy) is 3. The first-order valence-electron chi connectivity index (χ1n) is 6.46. The maximum Gasteiger partial charge on any atom is 0.339 e. The molecular weight excluding hydrogens is 272 g/mol. The Morgan fingerprint density at radius 1 is 1.10 bits per heavy atom. The molecule has 2 rings (SSSR count). The van der Waals surface area contributed by atoms with Crippen LogP contribution in [0, 0.1) is 0 Å². The van der Waals surface area contributed by atoms with Crippen molar-refractivity contribution in [3.63, 3.8) is 0 Å². The van der Waals surface area contributed by atoms with Crippen molar-refractivity contribution in [1.29, 1.82) is 0 Å². The first-order chi connectivity index (χ1) is 10.1. The smallest absolute Gasteiger partial charge is 0.339 e. The number of carbonyl (C=O) groups is 1. The van der Waals surface area contributed by atoms with Gasteiger partial charge in [-0.1, -0.05) is 6.07 Å². The van der Waals surface area contributed by atoms with Crippen LogP contribution in [0.1, 0.15) is 17.3 Å². The van der Waals surface area contributed by atoms with Gasteiger partial charge in [0.2, 0.25) is 0 Å². The monoisotopic (exact) mass is 288 g/mol. The molecule has 5 heteroatoms. The lowest BCUT2D eigenvalue weighted by molar-refractivity contribution is 0.0694. The third-order valence-electron chi connectivity index (χ3n) is 2.76. The molecule has 0 aliphatic heterocycles. The first kappa shape index (κ1) is 14.7. The van der Waals surface area contributed by atoms with Crippen LogP contribution in [0.15, 0.2) is 42.5 Å². The van der Waals surface area contributed by atoms with Gasteiger partial charge in [-0.15, -0.1) is 0 Å². The van der Waals surface area contributed by atoms with Gasteiger partial charge in [0.1, 0.15) is 28.6 Å². The van der Waals surface area contributed by atoms with E-state index in [1.54, 1.807) is 30.3 Å². The average Bonchev–Trinajstić information content (AvgIpc) is 2.47. The standard InChI is InChI=1S/C16H16O5/c1-3-20-12-5-4-6-13(9-12)21-15-10-11(19-2)7-8-14(15)16(17)18/h4-10H,3H2,1-2H3,(H,17,18). The Labute approximate surface area is 122 Å². The number of aromatic carboxylic acids is 1. The van der Waals surface area contributed by atoms with Crippen molar-refractivity contribution < 1.29 is 24.1 Å². The highest BCUT2D eigenvalue weighted by molar-refractivity contribution is 5.91. The predicted molar refractivity (Wildman–Crippen MR) is 77.6 cm³/mol. The molecule has 0 saturated heterocycles. The Morgan fingerprint density at radius 3 is 2.52 bits per heavy atom. The van der Waals surface area contributed by atoms with Crippen LogP contribution in [0.5, 0.6) is 23.0 Å². The summed E-state index contributed by atoms with van der Waals surface area (Å²) in [7, 11) is 1.51. The molecule has 0 bridgehead atoms. The predicted octanol–water partition coefficient (Wildman–Crippen LogP) is 3.58. The largest absolute Gasteiger partial charge is 0.497 e. The highest BCUT2D eigenvalue weighted by atomic mass is 16.5. The normalized spacial score (nSPS) is 10.0. The number of methoxy groups -OCH3 is 1. The average molecular weight is 288 g/mol. The zero-order valence-corrected chi connectivity index (χ0v) is 11.8. The van der Waals surface area contributed by atoms with Crippen molar-refractivity contribution in [3.8, 4) is 23.0 Å². The molecule has 5 nitrogen and oxygen atoms in total. The molecule has 0 aromatic heterocycles. The third-order valence-corrected chi connectivity index (χ3v) is 2.76. The van der Waals surface area contributed by atoms with Crippen molar-refractivity contribution in [2.24, 2.45) is 0 Å². The van der Waals surface area contributed by atoms with Crippen LogP contribution < -0.4 is 14.2 Å². The van der Waals surface area contributed by atoms with Gasteiger partial charge < -0.3 is 19.3 Å². The molecule has 2 aromatic rings. The summed E-state index contributed by atoms with van der Waals surface area (Å²) in [5, 5.41) is 9.20. The summed E-state index contributed by atoms with van der Waals surface area (Å²) < 4.78 is 16.1. The minimum Gasteiger partial charge on any atom is -0.497 e. The lowest BCUT2D eigenvalue weighted by atomic mass is 10.2. The van der Waals surface area contributed by atoms with Gasteiger partial charge in [-0.25, -0.2) is 4.79 Å². The lowest BCUT2D eigenvalue weighted by Gasteiger charge is -2.11. The van der Waals surface area contributed by atoms with E-state index in [4.69, 9.17) is 14.2 Å². The van der Waals surface area contributed by atoms with Crippen molar-refractivity contribution in [3.05, 3.63) is 48.0 Å². The molecule has 0 radical (unpaired) electrons. The minimum absolute atomic E-state index is 0.0672. The highest BCUT2D eigenvalue weighted by Gasteiger charge is 2.13. The second kappa shape index (κ2) is 6.65. The molecule has 1 N–H and O–H groups in total. The number of carboxylic acids is 1. The fourth-order valence-electron chi connectivity index (χ4n) is 1.81. The van der Waals surface area contributed by atoms with Crippen molar-refractivity contribution >= 4 is 5.97 Å². The van der Waals surface area contributed by atoms with E-state index in [1.165, 1.54) is 19.2 Å². The van der Waals surface area contributed by atoms with Crippen LogP contribution in [0.2, 0.25) is 0 Å². The summed E-state index contributed by atoms with van der Waals surface area (Å²) >= 11 is 0. The Bertz CT molecular complexity index is 636. The second-order valence-corrected chi connectivity index (χ2v) is 4.18. The van der Waals surface area contributed by atoms with Crippen LogP contribution in [0.25, 0.3) is 0 Å². The number of carboxylic acid groups (broad SMARTS) is 1. The van der Waals surface area contributed by atoms with Crippen LogP contribution in [-0.4, -0.2) is 24.8 Å². The van der Waals surface area contributed by atoms with Crippen molar-refractivity contribution in [2.75, 3.05) is 13.7 Å². The molecule has 0 amide bonds. The quantitative estimate of drug-likeness (QED) is 0.880. The van der Waals surface area contributed by atoms with Crippen LogP contribution in [0.3, 0.4) is 0 Å². The highest BCUT2D eigenvalue weighted by Crippen LogP contribution is 2.31. The third kappa shape index (κ3) is 3.66. The van der Waals surface area contributed by atoms with Crippen LogP contribution >= 0.6 is 0 Å². The van der Waals surface area contributed by atoms with Gasteiger partial charge >= 0.3 is 5.97 Å². The number of hydrogen-bond acceptors (Lipinski definition) is 4. The zero-order valence-electron chi connectivity index (χ0n) is 11.8. The summed E-state index contributed by atoms with van der Waals surface area (Å²) in [6, 6.07) is 11.6. The molecule has 0 saturated carbocycles. The maximum atomic E-state index is 11.2. The molecule has 0 aliphatic carbocycles. The summed E-state index contributed by atoms with van der Waals surface area (Å²) in [5.74, 6) is 0.839. The minimum atomic E-state index is -1.06. The van der Waals surface area contributed by atoms with E-state index >= 15 is 0 Å². The second-order valence-electron chi connectivity index (χ2n) is 4.18. The molecule has 0 unspecified atom stereocenters. The number of hydrogen-bond donors (Lipinski definition) is 1. The van der Waals surface area contributed by atoms with Gasteiger partial charge in [-0.2, -0.15) is 0 Å². The summed E-state index contributed by atoms with van der Waals surface area (Å²) in [6.07, 6.45) is 0.